The lowest BCUT2D eigenvalue weighted by Crippen LogP contribution is -2.35. The second-order valence-corrected chi connectivity index (χ2v) is 10.4. The average Bonchev–Trinajstić information content (AvgIpc) is 3.61. The Morgan fingerprint density at radius 2 is 2.03 bits per heavy atom. The van der Waals surface area contributed by atoms with Gasteiger partial charge in [0.15, 0.2) is 17.5 Å². The molecular formula is C19H18N4O4S2. The lowest BCUT2D eigenvalue weighted by Gasteiger charge is -2.15. The molecule has 2 aliphatic carbocycles. The summed E-state index contributed by atoms with van der Waals surface area (Å²) in [6.45, 7) is 0. The number of fused-ring (bicyclic) bond motifs is 1. The van der Waals surface area contributed by atoms with Crippen LogP contribution in [0.15, 0.2) is 42.0 Å². The molecule has 0 saturated heterocycles. The molecule has 0 unspecified atom stereocenters. The van der Waals surface area contributed by atoms with E-state index in [0.717, 1.165) is 28.3 Å². The van der Waals surface area contributed by atoms with E-state index in [0.29, 0.717) is 29.2 Å². The van der Waals surface area contributed by atoms with E-state index in [-0.39, 0.29) is 11.2 Å². The molecular weight excluding hydrogens is 412 g/mol. The van der Waals surface area contributed by atoms with E-state index >= 15 is 0 Å². The van der Waals surface area contributed by atoms with E-state index in [1.807, 2.05) is 0 Å². The van der Waals surface area contributed by atoms with E-state index in [1.165, 1.54) is 23.7 Å². The highest BCUT2D eigenvalue weighted by Crippen LogP contribution is 2.46. The van der Waals surface area contributed by atoms with E-state index in [2.05, 4.69) is 15.0 Å². The number of benzene rings is 1. The van der Waals surface area contributed by atoms with Gasteiger partial charge in [-0.1, -0.05) is 0 Å². The molecule has 0 aliphatic heterocycles. The van der Waals surface area contributed by atoms with Gasteiger partial charge in [0, 0.05) is 22.4 Å². The number of nitrogens with one attached hydrogen (secondary N) is 2. The van der Waals surface area contributed by atoms with Gasteiger partial charge in [-0.25, -0.2) is 13.4 Å². The molecule has 2 saturated carbocycles. The number of rotatable bonds is 6. The third-order valence-electron chi connectivity index (χ3n) is 5.31. The van der Waals surface area contributed by atoms with Crippen molar-refractivity contribution in [1.82, 2.24) is 10.3 Å². The molecule has 0 bridgehead atoms. The van der Waals surface area contributed by atoms with Crippen molar-refractivity contribution in [3.8, 4) is 0 Å². The van der Waals surface area contributed by atoms with Crippen molar-refractivity contribution >= 4 is 43.2 Å². The van der Waals surface area contributed by atoms with Crippen molar-refractivity contribution in [2.24, 2.45) is 0 Å². The Bertz CT molecular complexity index is 1230. The number of nitrogens with zero attached hydrogens (tertiary/aromatic N) is 2. The zero-order chi connectivity index (χ0) is 20.2. The Morgan fingerprint density at radius 1 is 1.24 bits per heavy atom. The van der Waals surface area contributed by atoms with E-state index in [4.69, 9.17) is 0 Å². The monoisotopic (exact) mass is 430 g/mol. The molecule has 0 atom stereocenters. The van der Waals surface area contributed by atoms with Crippen LogP contribution < -0.4 is 14.8 Å². The summed E-state index contributed by atoms with van der Waals surface area (Å²) in [5.74, 6) is -0.226. The number of sulfonamides is 1. The Morgan fingerprint density at radius 3 is 2.76 bits per heavy atom. The van der Waals surface area contributed by atoms with Crippen molar-refractivity contribution in [2.75, 3.05) is 4.72 Å². The summed E-state index contributed by atoms with van der Waals surface area (Å²) in [5.41, 5.74) is 0.621. The van der Waals surface area contributed by atoms with Crippen molar-refractivity contribution in [2.45, 2.75) is 36.5 Å². The summed E-state index contributed by atoms with van der Waals surface area (Å²) in [7, 11) is -3.36. The molecule has 2 fully saturated rings. The van der Waals surface area contributed by atoms with Crippen LogP contribution in [0.25, 0.3) is 10.8 Å². The number of thiazole rings is 1. The largest absolute Gasteiger partial charge is 0.619 e. The standard InChI is InChI=1S/C19H18N4O4S2/c24-17(13-1-2-14-10-23(25)8-5-12(14)9-13)21-19(6-7-19)16-11-28-18(20-16)22-29(26,27)15-3-4-15/h1-2,5,8-11,15H,3-4,6-7H2,(H,20,22)(H,21,24). The molecule has 2 aromatic heterocycles. The molecule has 0 spiro atoms. The molecule has 1 aromatic carbocycles. The number of aromatic nitrogens is 2. The molecule has 2 N–H and O–H groups in total. The lowest BCUT2D eigenvalue weighted by atomic mass is 10.1. The van der Waals surface area contributed by atoms with Gasteiger partial charge < -0.3 is 10.5 Å². The van der Waals surface area contributed by atoms with E-state index < -0.39 is 15.6 Å². The highest BCUT2D eigenvalue weighted by atomic mass is 32.2. The molecule has 10 heteroatoms. The Hall–Kier alpha value is -2.72. The maximum absolute atomic E-state index is 12.8. The number of pyridine rings is 1. The predicted octanol–water partition coefficient (Wildman–Crippen LogP) is 2.25. The molecule has 0 radical (unpaired) electrons. The van der Waals surface area contributed by atoms with Crippen LogP contribution in [0.3, 0.4) is 0 Å². The maximum Gasteiger partial charge on any atom is 0.252 e. The van der Waals surface area contributed by atoms with Crippen molar-refractivity contribution < 1.29 is 17.9 Å². The van der Waals surface area contributed by atoms with Crippen LogP contribution in [0, 0.1) is 5.21 Å². The molecule has 8 nitrogen and oxygen atoms in total. The number of carbonyl (C=O) groups excluding carboxylic acids is 1. The number of anilines is 1. The summed E-state index contributed by atoms with van der Waals surface area (Å²) < 4.78 is 27.5. The summed E-state index contributed by atoms with van der Waals surface area (Å²) in [6.07, 6.45) is 5.73. The van der Waals surface area contributed by atoms with Gasteiger partial charge in [0.1, 0.15) is 0 Å². The Labute approximate surface area is 171 Å². The van der Waals surface area contributed by atoms with Crippen LogP contribution in [0.2, 0.25) is 0 Å². The molecule has 5 rings (SSSR count). The Kier molecular flexibility index (Phi) is 4.04. The van der Waals surface area contributed by atoms with Crippen LogP contribution in [0.4, 0.5) is 5.13 Å². The number of hydrogen-bond acceptors (Lipinski definition) is 6. The lowest BCUT2D eigenvalue weighted by molar-refractivity contribution is -0.603. The van der Waals surface area contributed by atoms with Crippen molar-refractivity contribution in [3.63, 3.8) is 0 Å². The number of carbonyl (C=O) groups is 1. The predicted molar refractivity (Wildman–Crippen MR) is 109 cm³/mol. The quantitative estimate of drug-likeness (QED) is 0.460. The SMILES string of the molecule is O=C(NC1(c2csc(NS(=O)(=O)C3CC3)n2)CC1)c1ccc2c[n+]([O-])ccc2c1. The van der Waals surface area contributed by atoms with Gasteiger partial charge in [0.2, 0.25) is 10.0 Å². The summed E-state index contributed by atoms with van der Waals surface area (Å²) in [5, 5.41) is 17.8. The van der Waals surface area contributed by atoms with Gasteiger partial charge in [-0.15, -0.1) is 11.3 Å². The fourth-order valence-corrected chi connectivity index (χ4v) is 5.70. The van der Waals surface area contributed by atoms with Gasteiger partial charge in [-0.3, -0.25) is 9.52 Å². The van der Waals surface area contributed by atoms with Crippen LogP contribution in [-0.4, -0.2) is 24.6 Å². The highest BCUT2D eigenvalue weighted by molar-refractivity contribution is 7.93. The normalized spacial score (nSPS) is 17.8. The molecule has 150 valence electrons. The first kappa shape index (κ1) is 18.3. The third kappa shape index (κ3) is 3.53. The smallest absolute Gasteiger partial charge is 0.252 e. The van der Waals surface area contributed by atoms with Crippen LogP contribution in [-0.2, 0) is 15.6 Å². The molecule has 29 heavy (non-hydrogen) atoms. The minimum Gasteiger partial charge on any atom is -0.619 e. The number of hydrogen-bond donors (Lipinski definition) is 2. The van der Waals surface area contributed by atoms with E-state index in [1.54, 1.807) is 29.6 Å². The minimum atomic E-state index is -3.36. The molecule has 1 amide bonds. The molecule has 3 aromatic rings. The van der Waals surface area contributed by atoms with Crippen LogP contribution in [0.1, 0.15) is 41.7 Å². The first-order valence-electron chi connectivity index (χ1n) is 9.27. The first-order valence-corrected chi connectivity index (χ1v) is 11.7. The second kappa shape index (κ2) is 6.39. The summed E-state index contributed by atoms with van der Waals surface area (Å²) >= 11 is 1.23. The zero-order valence-electron chi connectivity index (χ0n) is 15.3. The van der Waals surface area contributed by atoms with Crippen molar-refractivity contribution in [1.29, 1.82) is 0 Å². The van der Waals surface area contributed by atoms with Gasteiger partial charge in [-0.05, 0) is 49.3 Å². The van der Waals surface area contributed by atoms with Gasteiger partial charge in [0.05, 0.1) is 16.5 Å². The van der Waals surface area contributed by atoms with E-state index in [9.17, 15) is 18.4 Å². The fraction of sp³-hybridized carbons (Fsp3) is 0.316. The second-order valence-electron chi connectivity index (χ2n) is 7.57. The van der Waals surface area contributed by atoms with Gasteiger partial charge in [-0.2, -0.15) is 4.73 Å². The van der Waals surface area contributed by atoms with Gasteiger partial charge >= 0.3 is 0 Å². The average molecular weight is 431 g/mol. The maximum atomic E-state index is 12.8. The molecule has 2 heterocycles. The zero-order valence-corrected chi connectivity index (χ0v) is 16.9. The van der Waals surface area contributed by atoms with Crippen molar-refractivity contribution in [3.05, 3.63) is 58.5 Å². The summed E-state index contributed by atoms with van der Waals surface area (Å²) in [6, 6.07) is 6.84. The number of amides is 1. The Balaban J connectivity index is 1.33. The third-order valence-corrected chi connectivity index (χ3v) is 8.02. The van der Waals surface area contributed by atoms with Gasteiger partial charge in [0.25, 0.3) is 5.91 Å². The fourth-order valence-electron chi connectivity index (χ4n) is 3.30. The topological polar surface area (TPSA) is 115 Å². The first-order chi connectivity index (χ1) is 13.8. The van der Waals surface area contributed by atoms with Crippen LogP contribution >= 0.6 is 11.3 Å². The highest BCUT2D eigenvalue weighted by Gasteiger charge is 2.48. The van der Waals surface area contributed by atoms with Crippen LogP contribution in [0.5, 0.6) is 0 Å². The summed E-state index contributed by atoms with van der Waals surface area (Å²) in [4.78, 5) is 17.2. The molecule has 2 aliphatic rings. The minimum absolute atomic E-state index is 0.226.